The maximum Gasteiger partial charge on any atom is 0.302 e. The first-order valence-electron chi connectivity index (χ1n) is 5.81. The lowest BCUT2D eigenvalue weighted by atomic mass is 10.3. The minimum absolute atomic E-state index is 0.116. The average molecular weight is 236 g/mol. The van der Waals surface area contributed by atoms with E-state index in [4.69, 9.17) is 10.2 Å². The molecule has 0 aliphatic heterocycles. The van der Waals surface area contributed by atoms with Crippen LogP contribution in [0.15, 0.2) is 0 Å². The molecular weight excluding hydrogens is 208 g/mol. The van der Waals surface area contributed by atoms with Gasteiger partial charge < -0.3 is 14.9 Å². The summed E-state index contributed by atoms with van der Waals surface area (Å²) in [5.74, 6) is -0.211. The fourth-order valence-electron chi connectivity index (χ4n) is 0.203. The van der Waals surface area contributed by atoms with Gasteiger partial charge in [0.1, 0.15) is 0 Å². The third kappa shape index (κ3) is 50.3. The number of carbonyl (C=O) groups is 1. The molecule has 0 saturated heterocycles. The molecule has 0 fully saturated rings. The zero-order valence-electron chi connectivity index (χ0n) is 11.5. The first kappa shape index (κ1) is 20.8. The molecule has 16 heavy (non-hydrogen) atoms. The normalized spacial score (nSPS) is 12.2. The highest BCUT2D eigenvalue weighted by Gasteiger charge is 1.82. The van der Waals surface area contributed by atoms with Gasteiger partial charge in [-0.1, -0.05) is 13.8 Å². The number of esters is 1. The Balaban J connectivity index is -0.000000160. The molecule has 4 nitrogen and oxygen atoms in total. The second kappa shape index (κ2) is 16.8. The van der Waals surface area contributed by atoms with Gasteiger partial charge in [-0.3, -0.25) is 4.79 Å². The van der Waals surface area contributed by atoms with E-state index in [-0.39, 0.29) is 18.2 Å². The predicted octanol–water partition coefficient (Wildman–Crippen LogP) is 2.12. The smallest absolute Gasteiger partial charge is 0.302 e. The highest BCUT2D eigenvalue weighted by atomic mass is 16.5. The van der Waals surface area contributed by atoms with E-state index in [1.54, 1.807) is 20.8 Å². The van der Waals surface area contributed by atoms with Gasteiger partial charge in [0.25, 0.3) is 0 Å². The van der Waals surface area contributed by atoms with Crippen LogP contribution in [0.1, 0.15) is 54.4 Å². The lowest BCUT2D eigenvalue weighted by molar-refractivity contribution is -0.140. The Kier molecular flexibility index (Phi) is 21.8. The van der Waals surface area contributed by atoms with Crippen molar-refractivity contribution in [1.82, 2.24) is 0 Å². The van der Waals surface area contributed by atoms with E-state index in [9.17, 15) is 4.79 Å². The molecular formula is C12H28O4. The van der Waals surface area contributed by atoms with Crippen LogP contribution in [0.4, 0.5) is 0 Å². The molecule has 100 valence electrons. The molecule has 2 atom stereocenters. The van der Waals surface area contributed by atoms with Crippen LogP contribution in [0.25, 0.3) is 0 Å². The minimum atomic E-state index is -0.211. The largest absolute Gasteiger partial charge is 0.466 e. The highest BCUT2D eigenvalue weighted by Crippen LogP contribution is 1.82. The lowest BCUT2D eigenvalue weighted by Crippen LogP contribution is -1.95. The summed E-state index contributed by atoms with van der Waals surface area (Å²) >= 11 is 0. The van der Waals surface area contributed by atoms with Gasteiger partial charge in [-0.05, 0) is 33.6 Å². The van der Waals surface area contributed by atoms with Gasteiger partial charge in [0.15, 0.2) is 0 Å². The third-order valence-corrected chi connectivity index (χ3v) is 1.53. The van der Waals surface area contributed by atoms with Crippen LogP contribution in [0.2, 0.25) is 0 Å². The molecule has 0 aliphatic rings. The van der Waals surface area contributed by atoms with Crippen LogP contribution in [0.5, 0.6) is 0 Å². The van der Waals surface area contributed by atoms with Gasteiger partial charge >= 0.3 is 5.97 Å². The summed E-state index contributed by atoms with van der Waals surface area (Å²) in [7, 11) is 0. The first-order valence-corrected chi connectivity index (χ1v) is 5.81. The zero-order valence-corrected chi connectivity index (χ0v) is 11.5. The summed E-state index contributed by atoms with van der Waals surface area (Å²) in [5.41, 5.74) is 0. The summed E-state index contributed by atoms with van der Waals surface area (Å²) in [5, 5.41) is 16.7. The Labute approximate surface area is 99.6 Å². The minimum Gasteiger partial charge on any atom is -0.466 e. The predicted molar refractivity (Wildman–Crippen MR) is 66.3 cm³/mol. The second-order valence-electron chi connectivity index (χ2n) is 3.44. The van der Waals surface area contributed by atoms with Crippen molar-refractivity contribution in [2.75, 3.05) is 6.61 Å². The number of rotatable bonds is 3. The molecule has 0 heterocycles. The summed E-state index contributed by atoms with van der Waals surface area (Å²) < 4.78 is 4.40. The molecule has 0 saturated carbocycles. The molecule has 4 heteroatoms. The van der Waals surface area contributed by atoms with Gasteiger partial charge in [0, 0.05) is 6.92 Å². The molecule has 2 N–H and O–H groups in total. The Morgan fingerprint density at radius 3 is 1.31 bits per heavy atom. The Hall–Kier alpha value is -0.610. The van der Waals surface area contributed by atoms with E-state index in [0.29, 0.717) is 6.61 Å². The monoisotopic (exact) mass is 236 g/mol. The van der Waals surface area contributed by atoms with E-state index < -0.39 is 0 Å². The molecule has 0 rings (SSSR count). The molecule has 0 bridgehead atoms. The first-order chi connectivity index (χ1) is 7.31. The summed E-state index contributed by atoms with van der Waals surface area (Å²) in [6, 6.07) is 0. The van der Waals surface area contributed by atoms with Crippen molar-refractivity contribution in [2.45, 2.75) is 66.6 Å². The SMILES string of the molecule is CCC(C)O.CCC(C)O.CCOC(C)=O. The Morgan fingerprint density at radius 1 is 1.06 bits per heavy atom. The quantitative estimate of drug-likeness (QED) is 0.737. The van der Waals surface area contributed by atoms with Crippen LogP contribution in [-0.2, 0) is 9.53 Å². The summed E-state index contributed by atoms with van der Waals surface area (Å²) in [4.78, 5) is 9.82. The molecule has 0 aromatic carbocycles. The number of aliphatic hydroxyl groups excluding tert-OH is 2. The molecule has 0 amide bonds. The van der Waals surface area contributed by atoms with E-state index in [2.05, 4.69) is 4.74 Å². The summed E-state index contributed by atoms with van der Waals surface area (Å²) in [6.07, 6.45) is 1.49. The van der Waals surface area contributed by atoms with Crippen molar-refractivity contribution in [3.63, 3.8) is 0 Å². The maximum atomic E-state index is 9.82. The fraction of sp³-hybridized carbons (Fsp3) is 0.917. The van der Waals surface area contributed by atoms with E-state index >= 15 is 0 Å². The van der Waals surface area contributed by atoms with Crippen molar-refractivity contribution in [3.05, 3.63) is 0 Å². The number of ether oxygens (including phenoxy) is 1. The van der Waals surface area contributed by atoms with Gasteiger partial charge in [-0.15, -0.1) is 0 Å². The fourth-order valence-corrected chi connectivity index (χ4v) is 0.203. The van der Waals surface area contributed by atoms with E-state index in [0.717, 1.165) is 12.8 Å². The average Bonchev–Trinajstić information content (AvgIpc) is 2.19. The van der Waals surface area contributed by atoms with Crippen LogP contribution in [0.3, 0.4) is 0 Å². The molecule has 0 aromatic heterocycles. The van der Waals surface area contributed by atoms with Gasteiger partial charge in [-0.2, -0.15) is 0 Å². The van der Waals surface area contributed by atoms with Crippen molar-refractivity contribution in [3.8, 4) is 0 Å². The van der Waals surface area contributed by atoms with Gasteiger partial charge in [0.05, 0.1) is 18.8 Å². The zero-order chi connectivity index (χ0) is 13.6. The van der Waals surface area contributed by atoms with Crippen molar-refractivity contribution in [1.29, 1.82) is 0 Å². The molecule has 0 aliphatic carbocycles. The van der Waals surface area contributed by atoms with Crippen LogP contribution in [-0.4, -0.2) is 35.0 Å². The third-order valence-electron chi connectivity index (χ3n) is 1.53. The maximum absolute atomic E-state index is 9.82. The van der Waals surface area contributed by atoms with Crippen molar-refractivity contribution < 1.29 is 19.7 Å². The number of hydrogen-bond acceptors (Lipinski definition) is 4. The van der Waals surface area contributed by atoms with Gasteiger partial charge in [-0.25, -0.2) is 0 Å². The van der Waals surface area contributed by atoms with E-state index in [1.165, 1.54) is 6.92 Å². The van der Waals surface area contributed by atoms with Crippen LogP contribution < -0.4 is 0 Å². The molecule has 2 unspecified atom stereocenters. The van der Waals surface area contributed by atoms with Gasteiger partial charge in [0.2, 0.25) is 0 Å². The molecule has 0 aromatic rings. The van der Waals surface area contributed by atoms with Crippen molar-refractivity contribution >= 4 is 5.97 Å². The summed E-state index contributed by atoms with van der Waals surface area (Å²) in [6.45, 7) is 11.1. The molecule has 0 spiro atoms. The van der Waals surface area contributed by atoms with E-state index in [1.807, 2.05) is 13.8 Å². The molecule has 0 radical (unpaired) electrons. The van der Waals surface area contributed by atoms with Crippen LogP contribution in [0, 0.1) is 0 Å². The van der Waals surface area contributed by atoms with Crippen molar-refractivity contribution in [2.24, 2.45) is 0 Å². The highest BCUT2D eigenvalue weighted by molar-refractivity contribution is 5.65. The second-order valence-corrected chi connectivity index (χ2v) is 3.44. The number of carbonyl (C=O) groups excluding carboxylic acids is 1. The topological polar surface area (TPSA) is 66.8 Å². The number of hydrogen-bond donors (Lipinski definition) is 2. The number of aliphatic hydroxyl groups is 2. The lowest BCUT2D eigenvalue weighted by Gasteiger charge is -1.90. The Morgan fingerprint density at radius 2 is 1.31 bits per heavy atom. The Bertz CT molecular complexity index is 125. The standard InChI is InChI=1S/C4H8O2.2C4H10O/c1-3-6-4(2)5;2*1-3-4(2)5/h3H2,1-2H3;2*4-5H,3H2,1-2H3. The van der Waals surface area contributed by atoms with Crippen LogP contribution >= 0.6 is 0 Å².